The molecule has 0 aliphatic rings. The van der Waals surface area contributed by atoms with Crippen LogP contribution in [0.3, 0.4) is 0 Å². The highest BCUT2D eigenvalue weighted by Crippen LogP contribution is 2.33. The summed E-state index contributed by atoms with van der Waals surface area (Å²) < 4.78 is 1.81. The van der Waals surface area contributed by atoms with Gasteiger partial charge in [0.15, 0.2) is 8.68 Å². The zero-order valence-electron chi connectivity index (χ0n) is 11.6. The van der Waals surface area contributed by atoms with Crippen LogP contribution in [0.5, 0.6) is 0 Å². The number of thioether (sulfide) groups is 2. The van der Waals surface area contributed by atoms with Crippen molar-refractivity contribution in [3.63, 3.8) is 0 Å². The summed E-state index contributed by atoms with van der Waals surface area (Å²) >= 11 is 16.9. The molecule has 0 aliphatic heterocycles. The molecule has 0 unspecified atom stereocenters. The third-order valence-electron chi connectivity index (χ3n) is 2.76. The minimum absolute atomic E-state index is 0.533. The summed E-state index contributed by atoms with van der Waals surface area (Å²) in [5.74, 6) is 1.45. The van der Waals surface area contributed by atoms with Gasteiger partial charge in [-0.05, 0) is 23.3 Å². The fourth-order valence-electron chi connectivity index (χ4n) is 1.65. The maximum absolute atomic E-state index is 6.05. The van der Waals surface area contributed by atoms with Gasteiger partial charge in [0.05, 0.1) is 0 Å². The van der Waals surface area contributed by atoms with Gasteiger partial charge in [-0.25, -0.2) is 9.97 Å². The van der Waals surface area contributed by atoms with Gasteiger partial charge in [-0.3, -0.25) is 0 Å². The van der Waals surface area contributed by atoms with E-state index in [0.717, 1.165) is 31.3 Å². The van der Waals surface area contributed by atoms with Crippen LogP contribution in [0.4, 0.5) is 0 Å². The molecule has 0 aromatic carbocycles. The van der Waals surface area contributed by atoms with Gasteiger partial charge in [-0.2, -0.15) is 0 Å². The fraction of sp³-hybridized carbons (Fsp3) is 0.143. The minimum atomic E-state index is 0.533. The Morgan fingerprint density at radius 2 is 1.30 bits per heavy atom. The van der Waals surface area contributed by atoms with Crippen molar-refractivity contribution in [2.75, 3.05) is 0 Å². The number of aromatic nitrogens is 4. The summed E-state index contributed by atoms with van der Waals surface area (Å²) in [5.41, 5.74) is 1.98. The van der Waals surface area contributed by atoms with Crippen LogP contribution in [0.1, 0.15) is 11.1 Å². The van der Waals surface area contributed by atoms with E-state index in [1.54, 1.807) is 47.3 Å². The molecule has 0 bridgehead atoms. The second kappa shape index (κ2) is 8.30. The van der Waals surface area contributed by atoms with E-state index in [1.165, 1.54) is 0 Å². The minimum Gasteiger partial charge on any atom is -0.244 e. The lowest BCUT2D eigenvalue weighted by atomic mass is 10.3. The number of nitrogens with zero attached hydrogens (tertiary/aromatic N) is 4. The Morgan fingerprint density at radius 3 is 1.74 bits per heavy atom. The molecule has 0 spiro atoms. The van der Waals surface area contributed by atoms with E-state index in [4.69, 9.17) is 23.2 Å². The predicted molar refractivity (Wildman–Crippen MR) is 97.5 cm³/mol. The number of halogens is 2. The van der Waals surface area contributed by atoms with Crippen LogP contribution in [-0.4, -0.2) is 20.2 Å². The second-order valence-corrected chi connectivity index (χ2v) is 8.46. The Hall–Kier alpha value is -0.860. The van der Waals surface area contributed by atoms with Crippen LogP contribution < -0.4 is 0 Å². The average Bonchev–Trinajstić information content (AvgIpc) is 3.01. The summed E-state index contributed by atoms with van der Waals surface area (Å²) in [5, 5.41) is 9.45. The molecule has 0 aliphatic carbocycles. The largest absolute Gasteiger partial charge is 0.244 e. The molecule has 118 valence electrons. The van der Waals surface area contributed by atoms with E-state index in [0.29, 0.717) is 10.3 Å². The van der Waals surface area contributed by atoms with Crippen LogP contribution in [0.15, 0.2) is 45.3 Å². The van der Waals surface area contributed by atoms with Crippen molar-refractivity contribution in [1.82, 2.24) is 20.2 Å². The molecule has 3 rings (SSSR count). The van der Waals surface area contributed by atoms with Gasteiger partial charge in [0.1, 0.15) is 10.3 Å². The lowest BCUT2D eigenvalue weighted by molar-refractivity contribution is 0.954. The first-order valence-electron chi connectivity index (χ1n) is 6.50. The standard InChI is InChI=1S/C14H10Cl2N4S3/c15-11-9(3-1-5-17-11)7-21-13-19-20-14(23-13)22-8-10-4-2-6-18-12(10)16/h1-6H,7-8H2. The van der Waals surface area contributed by atoms with Gasteiger partial charge in [-0.15, -0.1) is 10.2 Å². The molecule has 3 heterocycles. The number of hydrogen-bond acceptors (Lipinski definition) is 7. The monoisotopic (exact) mass is 400 g/mol. The lowest BCUT2D eigenvalue weighted by Crippen LogP contribution is -1.85. The van der Waals surface area contributed by atoms with Gasteiger partial charge in [0.2, 0.25) is 0 Å². The molecule has 0 radical (unpaired) electrons. The van der Waals surface area contributed by atoms with Crippen molar-refractivity contribution in [3.8, 4) is 0 Å². The van der Waals surface area contributed by atoms with Crippen LogP contribution >= 0.6 is 58.1 Å². The first-order valence-corrected chi connectivity index (χ1v) is 10.0. The Labute approximate surface area is 156 Å². The van der Waals surface area contributed by atoms with Crippen LogP contribution in [-0.2, 0) is 11.5 Å². The summed E-state index contributed by atoms with van der Waals surface area (Å²) in [6, 6.07) is 7.68. The number of hydrogen-bond donors (Lipinski definition) is 0. The highest BCUT2D eigenvalue weighted by molar-refractivity contribution is 8.02. The van der Waals surface area contributed by atoms with Crippen molar-refractivity contribution < 1.29 is 0 Å². The van der Waals surface area contributed by atoms with Crippen molar-refractivity contribution in [3.05, 3.63) is 58.1 Å². The maximum atomic E-state index is 6.05. The first-order chi connectivity index (χ1) is 11.2. The number of pyridine rings is 2. The summed E-state index contributed by atoms with van der Waals surface area (Å²) in [6.07, 6.45) is 3.36. The molecule has 4 nitrogen and oxygen atoms in total. The Kier molecular flexibility index (Phi) is 6.13. The van der Waals surface area contributed by atoms with Gasteiger partial charge in [0, 0.05) is 23.9 Å². The predicted octanol–water partition coefficient (Wildman–Crippen LogP) is 5.22. The summed E-state index contributed by atoms with van der Waals surface area (Å²) in [4.78, 5) is 8.13. The van der Waals surface area contributed by atoms with E-state index >= 15 is 0 Å². The summed E-state index contributed by atoms with van der Waals surface area (Å²) in [7, 11) is 0. The van der Waals surface area contributed by atoms with Crippen molar-refractivity contribution in [2.45, 2.75) is 20.2 Å². The molecule has 0 atom stereocenters. The van der Waals surface area contributed by atoms with Gasteiger partial charge in [-0.1, -0.05) is 70.2 Å². The molecule has 0 saturated heterocycles. The van der Waals surface area contributed by atoms with Gasteiger partial charge >= 0.3 is 0 Å². The average molecular weight is 401 g/mol. The summed E-state index contributed by atoms with van der Waals surface area (Å²) in [6.45, 7) is 0. The molecule has 3 aromatic heterocycles. The zero-order valence-corrected chi connectivity index (χ0v) is 15.6. The third kappa shape index (κ3) is 4.81. The van der Waals surface area contributed by atoms with Crippen LogP contribution in [0.2, 0.25) is 10.3 Å². The van der Waals surface area contributed by atoms with Gasteiger partial charge in [0.25, 0.3) is 0 Å². The molecular weight excluding hydrogens is 391 g/mol. The molecular formula is C14H10Cl2N4S3. The van der Waals surface area contributed by atoms with Crippen molar-refractivity contribution in [1.29, 1.82) is 0 Å². The first kappa shape index (κ1) is 17.0. The second-order valence-electron chi connectivity index (χ2n) is 4.32. The molecule has 0 N–H and O–H groups in total. The van der Waals surface area contributed by atoms with Crippen LogP contribution in [0, 0.1) is 0 Å². The lowest BCUT2D eigenvalue weighted by Gasteiger charge is -2.00. The highest BCUT2D eigenvalue weighted by Gasteiger charge is 2.09. The van der Waals surface area contributed by atoms with Crippen molar-refractivity contribution >= 4 is 58.1 Å². The molecule has 23 heavy (non-hydrogen) atoms. The molecule has 0 fully saturated rings. The Bertz CT molecular complexity index is 733. The molecule has 0 amide bonds. The third-order valence-corrected chi connectivity index (χ3v) is 6.73. The van der Waals surface area contributed by atoms with Crippen LogP contribution in [0.25, 0.3) is 0 Å². The van der Waals surface area contributed by atoms with E-state index in [-0.39, 0.29) is 0 Å². The van der Waals surface area contributed by atoms with E-state index < -0.39 is 0 Å². The molecule has 0 saturated carbocycles. The zero-order chi connectivity index (χ0) is 16.1. The smallest absolute Gasteiger partial charge is 0.175 e. The Balaban J connectivity index is 1.56. The SMILES string of the molecule is Clc1ncccc1CSc1nnc(SCc2cccnc2Cl)s1. The topological polar surface area (TPSA) is 51.6 Å². The maximum Gasteiger partial charge on any atom is 0.175 e. The van der Waals surface area contributed by atoms with E-state index in [9.17, 15) is 0 Å². The highest BCUT2D eigenvalue weighted by atomic mass is 35.5. The van der Waals surface area contributed by atoms with E-state index in [2.05, 4.69) is 20.2 Å². The van der Waals surface area contributed by atoms with Gasteiger partial charge < -0.3 is 0 Å². The van der Waals surface area contributed by atoms with E-state index in [1.807, 2.05) is 24.3 Å². The molecule has 3 aromatic rings. The quantitative estimate of drug-likeness (QED) is 0.417. The Morgan fingerprint density at radius 1 is 0.826 bits per heavy atom. The molecule has 9 heteroatoms. The number of rotatable bonds is 6. The van der Waals surface area contributed by atoms with Crippen molar-refractivity contribution in [2.24, 2.45) is 0 Å². The normalized spacial score (nSPS) is 10.9. The fourth-order valence-corrected chi connectivity index (χ4v) is 5.17.